The van der Waals surface area contributed by atoms with E-state index in [0.29, 0.717) is 17.7 Å². The summed E-state index contributed by atoms with van der Waals surface area (Å²) in [5.41, 5.74) is 1.84. The van der Waals surface area contributed by atoms with E-state index in [1.54, 1.807) is 32.0 Å². The Bertz CT molecular complexity index is 739. The van der Waals surface area contributed by atoms with Crippen LogP contribution in [0.1, 0.15) is 36.7 Å². The molecule has 0 fully saturated rings. The number of nitrogens with zero attached hydrogens (tertiary/aromatic N) is 1. The molecule has 1 unspecified atom stereocenters. The van der Waals surface area contributed by atoms with Crippen LogP contribution < -0.4 is 4.31 Å². The van der Waals surface area contributed by atoms with E-state index in [0.717, 1.165) is 5.56 Å². The van der Waals surface area contributed by atoms with Crippen LogP contribution in [0.3, 0.4) is 0 Å². The third-order valence-corrected chi connectivity index (χ3v) is 5.00. The summed E-state index contributed by atoms with van der Waals surface area (Å²) in [6, 6.07) is 4.71. The van der Waals surface area contributed by atoms with Crippen LogP contribution in [0.5, 0.6) is 0 Å². The molecule has 1 atom stereocenters. The molecule has 0 saturated heterocycles. The van der Waals surface area contributed by atoms with Gasteiger partial charge in [0.05, 0.1) is 17.9 Å². The molecule has 1 heterocycles. The zero-order valence-corrected chi connectivity index (χ0v) is 14.5. The summed E-state index contributed by atoms with van der Waals surface area (Å²) < 4.78 is 30.0. The molecular formula is C16H21NO5S. The highest BCUT2D eigenvalue weighted by Gasteiger charge is 2.32. The normalized spacial score (nSPS) is 17.3. The predicted molar refractivity (Wildman–Crippen MR) is 87.1 cm³/mol. The summed E-state index contributed by atoms with van der Waals surface area (Å²) in [5.74, 6) is -1.00. The zero-order chi connectivity index (χ0) is 17.4. The largest absolute Gasteiger partial charge is 0.457 e. The average Bonchev–Trinajstić information content (AvgIpc) is 2.78. The molecule has 0 aromatic heterocycles. The molecule has 0 saturated carbocycles. The summed E-state index contributed by atoms with van der Waals surface area (Å²) in [6.07, 6.45) is 1.72. The van der Waals surface area contributed by atoms with Crippen LogP contribution in [-0.4, -0.2) is 39.1 Å². The maximum absolute atomic E-state index is 12.1. The van der Waals surface area contributed by atoms with Gasteiger partial charge >= 0.3 is 5.97 Å². The number of hydrogen-bond acceptors (Lipinski definition) is 5. The van der Waals surface area contributed by atoms with Crippen molar-refractivity contribution in [1.29, 1.82) is 0 Å². The number of hydrogen-bond donors (Lipinski definition) is 0. The van der Waals surface area contributed by atoms with Gasteiger partial charge in [0.15, 0.2) is 12.4 Å². The fraction of sp³-hybridized carbons (Fsp3) is 0.500. The number of esters is 1. The molecular weight excluding hydrogens is 318 g/mol. The van der Waals surface area contributed by atoms with Gasteiger partial charge in [-0.1, -0.05) is 13.8 Å². The van der Waals surface area contributed by atoms with Crippen LogP contribution in [0.4, 0.5) is 5.69 Å². The summed E-state index contributed by atoms with van der Waals surface area (Å²) in [6.45, 7) is 4.92. The summed E-state index contributed by atoms with van der Waals surface area (Å²) in [4.78, 5) is 23.5. The second-order valence-electron chi connectivity index (χ2n) is 6.14. The maximum atomic E-state index is 12.1. The Kier molecular flexibility index (Phi) is 4.79. The Hall–Kier alpha value is -1.89. The number of Topliss-reactive ketones (excluding diaryl/α,β-unsaturated/α-hetero) is 1. The quantitative estimate of drug-likeness (QED) is 0.603. The molecule has 7 heteroatoms. The fourth-order valence-corrected chi connectivity index (χ4v) is 3.93. The van der Waals surface area contributed by atoms with Crippen LogP contribution in [0, 0.1) is 5.92 Å². The first-order valence-electron chi connectivity index (χ1n) is 7.43. The molecule has 0 bridgehead atoms. The number of carbonyl (C=O) groups excluding carboxylic acids is 2. The van der Waals surface area contributed by atoms with Crippen molar-refractivity contribution >= 4 is 27.5 Å². The van der Waals surface area contributed by atoms with Gasteiger partial charge < -0.3 is 4.74 Å². The van der Waals surface area contributed by atoms with Crippen molar-refractivity contribution in [3.8, 4) is 0 Å². The van der Waals surface area contributed by atoms with Crippen LogP contribution in [-0.2, 0) is 26.0 Å². The minimum Gasteiger partial charge on any atom is -0.457 e. The lowest BCUT2D eigenvalue weighted by Crippen LogP contribution is -2.34. The highest BCUT2D eigenvalue weighted by atomic mass is 32.2. The van der Waals surface area contributed by atoms with Crippen LogP contribution in [0.15, 0.2) is 18.2 Å². The van der Waals surface area contributed by atoms with Gasteiger partial charge in [-0.25, -0.2) is 8.42 Å². The van der Waals surface area contributed by atoms with Crippen molar-refractivity contribution in [1.82, 2.24) is 0 Å². The SMILES string of the molecule is CC(C)C(=O)OCC(=O)c1ccc2c(c1)CC(C)N2S(C)(=O)=O. The first-order chi connectivity index (χ1) is 10.6. The molecule has 126 valence electrons. The van der Waals surface area contributed by atoms with Gasteiger partial charge in [0.25, 0.3) is 0 Å². The van der Waals surface area contributed by atoms with Gasteiger partial charge in [0.1, 0.15) is 0 Å². The molecule has 0 amide bonds. The van der Waals surface area contributed by atoms with Crippen molar-refractivity contribution in [2.75, 3.05) is 17.2 Å². The molecule has 1 aliphatic rings. The van der Waals surface area contributed by atoms with E-state index in [9.17, 15) is 18.0 Å². The summed E-state index contributed by atoms with van der Waals surface area (Å²) in [7, 11) is -3.35. The van der Waals surface area contributed by atoms with Crippen molar-refractivity contribution in [3.63, 3.8) is 0 Å². The van der Waals surface area contributed by atoms with Crippen LogP contribution in [0.25, 0.3) is 0 Å². The molecule has 1 aromatic carbocycles. The molecule has 1 aliphatic heterocycles. The highest BCUT2D eigenvalue weighted by molar-refractivity contribution is 7.92. The van der Waals surface area contributed by atoms with E-state index in [2.05, 4.69) is 0 Å². The average molecular weight is 339 g/mol. The van der Waals surface area contributed by atoms with Gasteiger partial charge in [-0.2, -0.15) is 0 Å². The Morgan fingerprint density at radius 2 is 2.00 bits per heavy atom. The standard InChI is InChI=1S/C16H21NO5S/c1-10(2)16(19)22-9-15(18)12-5-6-14-13(8-12)7-11(3)17(14)23(4,20)21/h5-6,8,10-11H,7,9H2,1-4H3. The third kappa shape index (κ3) is 3.72. The number of anilines is 1. The number of benzene rings is 1. The van der Waals surface area contributed by atoms with E-state index < -0.39 is 16.0 Å². The predicted octanol–water partition coefficient (Wildman–Crippen LogP) is 1.78. The summed E-state index contributed by atoms with van der Waals surface area (Å²) >= 11 is 0. The topological polar surface area (TPSA) is 80.8 Å². The van der Waals surface area contributed by atoms with E-state index in [1.165, 1.54) is 10.6 Å². The molecule has 0 aliphatic carbocycles. The molecule has 0 N–H and O–H groups in total. The first-order valence-corrected chi connectivity index (χ1v) is 9.28. The molecule has 6 nitrogen and oxygen atoms in total. The van der Waals surface area contributed by atoms with Crippen molar-refractivity contribution in [3.05, 3.63) is 29.3 Å². The highest BCUT2D eigenvalue weighted by Crippen LogP contribution is 2.34. The van der Waals surface area contributed by atoms with Crippen molar-refractivity contribution < 1.29 is 22.7 Å². The Labute approximate surface area is 136 Å². The van der Waals surface area contributed by atoms with Gasteiger partial charge in [-0.3, -0.25) is 13.9 Å². The minimum absolute atomic E-state index is 0.177. The molecule has 0 spiro atoms. The van der Waals surface area contributed by atoms with Crippen molar-refractivity contribution in [2.45, 2.75) is 33.2 Å². The lowest BCUT2D eigenvalue weighted by molar-refractivity contribution is -0.146. The lowest BCUT2D eigenvalue weighted by Gasteiger charge is -2.21. The minimum atomic E-state index is -3.35. The maximum Gasteiger partial charge on any atom is 0.308 e. The Balaban J connectivity index is 2.18. The third-order valence-electron chi connectivity index (χ3n) is 3.73. The molecule has 23 heavy (non-hydrogen) atoms. The molecule has 0 radical (unpaired) electrons. The van der Waals surface area contributed by atoms with Gasteiger partial charge in [-0.15, -0.1) is 0 Å². The second-order valence-corrected chi connectivity index (χ2v) is 8.00. The van der Waals surface area contributed by atoms with Gasteiger partial charge in [-0.05, 0) is 37.1 Å². The van der Waals surface area contributed by atoms with Gasteiger partial charge in [0.2, 0.25) is 10.0 Å². The number of rotatable bonds is 5. The van der Waals surface area contributed by atoms with E-state index in [1.807, 2.05) is 6.92 Å². The zero-order valence-electron chi connectivity index (χ0n) is 13.7. The van der Waals surface area contributed by atoms with Gasteiger partial charge in [0, 0.05) is 11.6 Å². The Morgan fingerprint density at radius 1 is 1.35 bits per heavy atom. The van der Waals surface area contributed by atoms with E-state index >= 15 is 0 Å². The number of ether oxygens (including phenoxy) is 1. The summed E-state index contributed by atoms with van der Waals surface area (Å²) in [5, 5.41) is 0. The monoisotopic (exact) mass is 339 g/mol. The number of sulfonamides is 1. The fourth-order valence-electron chi connectivity index (χ4n) is 2.67. The van der Waals surface area contributed by atoms with Crippen LogP contribution in [0.2, 0.25) is 0 Å². The van der Waals surface area contributed by atoms with Crippen LogP contribution >= 0.6 is 0 Å². The second kappa shape index (κ2) is 6.31. The van der Waals surface area contributed by atoms with E-state index in [-0.39, 0.29) is 24.3 Å². The van der Waals surface area contributed by atoms with E-state index in [4.69, 9.17) is 4.74 Å². The number of ketones is 1. The number of fused-ring (bicyclic) bond motifs is 1. The Morgan fingerprint density at radius 3 is 2.57 bits per heavy atom. The van der Waals surface area contributed by atoms with Crippen molar-refractivity contribution in [2.24, 2.45) is 5.92 Å². The lowest BCUT2D eigenvalue weighted by atomic mass is 10.0. The molecule has 2 rings (SSSR count). The molecule has 1 aromatic rings. The first kappa shape index (κ1) is 17.5. The smallest absolute Gasteiger partial charge is 0.308 e. The number of carbonyl (C=O) groups is 2.